The van der Waals surface area contributed by atoms with Crippen LogP contribution in [0.3, 0.4) is 0 Å². The number of pyridine rings is 1. The van der Waals surface area contributed by atoms with Crippen LogP contribution in [0.5, 0.6) is 0 Å². The van der Waals surface area contributed by atoms with Crippen molar-refractivity contribution in [1.82, 2.24) is 9.97 Å². The maximum absolute atomic E-state index is 11.6. The van der Waals surface area contributed by atoms with Crippen molar-refractivity contribution in [3.05, 3.63) is 35.5 Å². The van der Waals surface area contributed by atoms with Gasteiger partial charge in [0, 0.05) is 11.6 Å². The summed E-state index contributed by atoms with van der Waals surface area (Å²) in [5.41, 5.74) is 5.75. The number of nitrogens with zero attached hydrogens (tertiary/aromatic N) is 2. The lowest BCUT2D eigenvalue weighted by atomic mass is 10.3. The van der Waals surface area contributed by atoms with E-state index in [1.54, 1.807) is 29.8 Å². The van der Waals surface area contributed by atoms with Crippen LogP contribution in [-0.2, 0) is 0 Å². The fraction of sp³-hybridized carbons (Fsp3) is 0. The van der Waals surface area contributed by atoms with Gasteiger partial charge >= 0.3 is 0 Å². The van der Waals surface area contributed by atoms with Gasteiger partial charge in [-0.2, -0.15) is 0 Å². The van der Waals surface area contributed by atoms with Gasteiger partial charge in [-0.15, -0.1) is 11.3 Å². The van der Waals surface area contributed by atoms with Gasteiger partial charge in [0.1, 0.15) is 11.5 Å². The number of carbonyl (C=O) groups is 1. The summed E-state index contributed by atoms with van der Waals surface area (Å²) in [4.78, 5) is 19.4. The Morgan fingerprint density at radius 1 is 1.47 bits per heavy atom. The molecular weight excluding hydrogens is 212 g/mol. The zero-order valence-corrected chi connectivity index (χ0v) is 8.49. The molecule has 0 unspecified atom stereocenters. The summed E-state index contributed by atoms with van der Waals surface area (Å²) in [6.07, 6.45) is 1.62. The Bertz CT molecular complexity index is 469. The Kier molecular flexibility index (Phi) is 2.59. The molecule has 15 heavy (non-hydrogen) atoms. The van der Waals surface area contributed by atoms with Gasteiger partial charge in [0.25, 0.3) is 5.91 Å². The van der Waals surface area contributed by atoms with E-state index in [0.717, 1.165) is 0 Å². The third-order valence-electron chi connectivity index (χ3n) is 1.66. The number of amides is 1. The van der Waals surface area contributed by atoms with Gasteiger partial charge in [0.2, 0.25) is 0 Å². The highest BCUT2D eigenvalue weighted by Crippen LogP contribution is 2.11. The summed E-state index contributed by atoms with van der Waals surface area (Å²) in [6.45, 7) is 0. The number of nitrogen functional groups attached to an aromatic ring is 1. The molecule has 0 aromatic carbocycles. The Morgan fingerprint density at radius 3 is 3.00 bits per heavy atom. The van der Waals surface area contributed by atoms with Crippen LogP contribution in [0.25, 0.3) is 0 Å². The van der Waals surface area contributed by atoms with E-state index in [1.807, 2.05) is 0 Å². The van der Waals surface area contributed by atoms with E-state index in [0.29, 0.717) is 10.9 Å². The molecule has 2 aromatic heterocycles. The van der Waals surface area contributed by atoms with Crippen LogP contribution in [0, 0.1) is 0 Å². The molecule has 0 bridgehead atoms. The number of nitrogens with one attached hydrogen (secondary N) is 1. The lowest BCUT2D eigenvalue weighted by molar-refractivity contribution is 0.102. The third kappa shape index (κ3) is 2.29. The van der Waals surface area contributed by atoms with Crippen molar-refractivity contribution in [2.45, 2.75) is 0 Å². The number of anilines is 2. The number of hydrogen-bond acceptors (Lipinski definition) is 5. The molecule has 0 saturated carbocycles. The Balaban J connectivity index is 2.15. The molecule has 3 N–H and O–H groups in total. The topological polar surface area (TPSA) is 80.9 Å². The van der Waals surface area contributed by atoms with Crippen LogP contribution in [0.2, 0.25) is 0 Å². The molecule has 0 aliphatic carbocycles. The van der Waals surface area contributed by atoms with Crippen molar-refractivity contribution in [3.63, 3.8) is 0 Å². The molecule has 2 rings (SSSR count). The second-order valence-electron chi connectivity index (χ2n) is 2.74. The number of nitrogens with two attached hydrogens (primary N) is 1. The predicted octanol–water partition coefficient (Wildman–Crippen LogP) is 1.37. The van der Waals surface area contributed by atoms with E-state index < -0.39 is 0 Å². The number of carbonyl (C=O) groups excluding carboxylic acids is 1. The summed E-state index contributed by atoms with van der Waals surface area (Å²) in [7, 11) is 0. The zero-order valence-electron chi connectivity index (χ0n) is 7.68. The SMILES string of the molecule is Nc1cccc(C(=O)Nc2nccs2)n1. The molecule has 0 atom stereocenters. The Labute approximate surface area is 90.0 Å². The van der Waals surface area contributed by atoms with Gasteiger partial charge in [-0.1, -0.05) is 6.07 Å². The van der Waals surface area contributed by atoms with Gasteiger partial charge in [-0.25, -0.2) is 9.97 Å². The number of thiazole rings is 1. The summed E-state index contributed by atoms with van der Waals surface area (Å²) in [5, 5.41) is 4.94. The summed E-state index contributed by atoms with van der Waals surface area (Å²) in [6, 6.07) is 4.90. The van der Waals surface area contributed by atoms with Crippen LogP contribution >= 0.6 is 11.3 Å². The fourth-order valence-electron chi connectivity index (χ4n) is 1.02. The van der Waals surface area contributed by atoms with Gasteiger partial charge in [0.05, 0.1) is 0 Å². The molecular formula is C9H8N4OS. The summed E-state index contributed by atoms with van der Waals surface area (Å²) >= 11 is 1.35. The molecule has 0 spiro atoms. The van der Waals surface area contributed by atoms with E-state index >= 15 is 0 Å². The van der Waals surface area contributed by atoms with Crippen molar-refractivity contribution in [2.24, 2.45) is 0 Å². The minimum atomic E-state index is -0.308. The lowest BCUT2D eigenvalue weighted by Gasteiger charge is -2.00. The van der Waals surface area contributed by atoms with Crippen molar-refractivity contribution in [2.75, 3.05) is 11.1 Å². The normalized spacial score (nSPS) is 9.87. The number of hydrogen-bond donors (Lipinski definition) is 2. The zero-order chi connectivity index (χ0) is 10.7. The summed E-state index contributed by atoms with van der Waals surface area (Å²) in [5.74, 6) is 0.0130. The minimum absolute atomic E-state index is 0.283. The van der Waals surface area contributed by atoms with Crippen molar-refractivity contribution >= 4 is 28.2 Å². The van der Waals surface area contributed by atoms with E-state index in [9.17, 15) is 4.79 Å². The molecule has 0 saturated heterocycles. The van der Waals surface area contributed by atoms with Gasteiger partial charge in [-0.3, -0.25) is 10.1 Å². The first kappa shape index (κ1) is 9.60. The second kappa shape index (κ2) is 4.05. The van der Waals surface area contributed by atoms with Crippen molar-refractivity contribution < 1.29 is 4.79 Å². The van der Waals surface area contributed by atoms with Crippen LogP contribution in [-0.4, -0.2) is 15.9 Å². The van der Waals surface area contributed by atoms with Crippen LogP contribution in [0.15, 0.2) is 29.8 Å². The van der Waals surface area contributed by atoms with Crippen LogP contribution in [0.4, 0.5) is 10.9 Å². The maximum Gasteiger partial charge on any atom is 0.276 e. The van der Waals surface area contributed by atoms with Crippen molar-refractivity contribution in [1.29, 1.82) is 0 Å². The molecule has 0 fully saturated rings. The molecule has 1 amide bonds. The molecule has 76 valence electrons. The van der Waals surface area contributed by atoms with E-state index in [2.05, 4.69) is 15.3 Å². The van der Waals surface area contributed by atoms with E-state index in [1.165, 1.54) is 11.3 Å². The average Bonchev–Trinajstić information content (AvgIpc) is 2.70. The molecule has 0 aliphatic rings. The highest BCUT2D eigenvalue weighted by molar-refractivity contribution is 7.13. The van der Waals surface area contributed by atoms with Crippen molar-refractivity contribution in [3.8, 4) is 0 Å². The lowest BCUT2D eigenvalue weighted by Crippen LogP contribution is -2.13. The Hall–Kier alpha value is -1.95. The standard InChI is InChI=1S/C9H8N4OS/c10-7-3-1-2-6(12-7)8(14)13-9-11-4-5-15-9/h1-5H,(H2,10,12)(H,11,13,14). The maximum atomic E-state index is 11.6. The molecule has 2 heterocycles. The smallest absolute Gasteiger partial charge is 0.276 e. The van der Waals surface area contributed by atoms with Crippen LogP contribution < -0.4 is 11.1 Å². The largest absolute Gasteiger partial charge is 0.384 e. The fourth-order valence-corrected chi connectivity index (χ4v) is 1.55. The summed E-state index contributed by atoms with van der Waals surface area (Å²) < 4.78 is 0. The third-order valence-corrected chi connectivity index (χ3v) is 2.34. The Morgan fingerprint density at radius 2 is 2.33 bits per heavy atom. The number of aromatic nitrogens is 2. The van der Waals surface area contributed by atoms with Gasteiger partial charge < -0.3 is 5.73 Å². The van der Waals surface area contributed by atoms with Crippen LogP contribution in [0.1, 0.15) is 10.5 Å². The minimum Gasteiger partial charge on any atom is -0.384 e. The van der Waals surface area contributed by atoms with E-state index in [4.69, 9.17) is 5.73 Å². The second-order valence-corrected chi connectivity index (χ2v) is 3.63. The van der Waals surface area contributed by atoms with E-state index in [-0.39, 0.29) is 11.6 Å². The van der Waals surface area contributed by atoms with Gasteiger partial charge in [0.15, 0.2) is 5.13 Å². The highest BCUT2D eigenvalue weighted by Gasteiger charge is 2.08. The number of rotatable bonds is 2. The predicted molar refractivity (Wildman–Crippen MR) is 58.7 cm³/mol. The first-order valence-corrected chi connectivity index (χ1v) is 5.07. The molecule has 5 nitrogen and oxygen atoms in total. The molecule has 0 radical (unpaired) electrons. The molecule has 2 aromatic rings. The average molecular weight is 220 g/mol. The molecule has 0 aliphatic heterocycles. The molecule has 6 heteroatoms. The van der Waals surface area contributed by atoms with Gasteiger partial charge in [-0.05, 0) is 12.1 Å². The highest BCUT2D eigenvalue weighted by atomic mass is 32.1. The quantitative estimate of drug-likeness (QED) is 0.801. The first-order valence-electron chi connectivity index (χ1n) is 4.19. The monoisotopic (exact) mass is 220 g/mol. The first-order chi connectivity index (χ1) is 7.25.